The van der Waals surface area contributed by atoms with E-state index in [9.17, 15) is 10.1 Å². The van der Waals surface area contributed by atoms with E-state index >= 15 is 0 Å². The van der Waals surface area contributed by atoms with E-state index in [0.717, 1.165) is 29.4 Å². The van der Waals surface area contributed by atoms with Gasteiger partial charge in [0, 0.05) is 30.6 Å². The standard InChI is InChI=1S/C24H24N4O2/c1-2-30-22-10-6-5-9-21(22)27-24(29)17-11-13-28(14-12-17)23-18(15-25)16-26-20-8-4-3-7-19(20)23/h3-10,16-17H,2,11-14H2,1H3,(H,27,29). The predicted molar refractivity (Wildman–Crippen MR) is 118 cm³/mol. The van der Waals surface area contributed by atoms with Gasteiger partial charge in [-0.05, 0) is 38.0 Å². The Kier molecular flexibility index (Phi) is 5.80. The molecule has 1 saturated heterocycles. The lowest BCUT2D eigenvalue weighted by Gasteiger charge is -2.34. The molecule has 6 heteroatoms. The predicted octanol–water partition coefficient (Wildman–Crippen LogP) is 4.36. The molecule has 3 aromatic rings. The number of pyridine rings is 1. The van der Waals surface area contributed by atoms with Crippen molar-refractivity contribution in [3.05, 3.63) is 60.3 Å². The minimum Gasteiger partial charge on any atom is -0.492 e. The van der Waals surface area contributed by atoms with Crippen molar-refractivity contribution >= 4 is 28.2 Å². The molecule has 1 aromatic heterocycles. The molecular weight excluding hydrogens is 376 g/mol. The Morgan fingerprint density at radius 2 is 1.93 bits per heavy atom. The van der Waals surface area contributed by atoms with Gasteiger partial charge in [0.1, 0.15) is 11.8 Å². The van der Waals surface area contributed by atoms with Gasteiger partial charge in [0.25, 0.3) is 0 Å². The van der Waals surface area contributed by atoms with Crippen molar-refractivity contribution in [3.8, 4) is 11.8 Å². The lowest BCUT2D eigenvalue weighted by Crippen LogP contribution is -2.38. The molecule has 0 saturated carbocycles. The van der Waals surface area contributed by atoms with Gasteiger partial charge >= 0.3 is 0 Å². The smallest absolute Gasteiger partial charge is 0.227 e. The van der Waals surface area contributed by atoms with Crippen molar-refractivity contribution < 1.29 is 9.53 Å². The van der Waals surface area contributed by atoms with Crippen LogP contribution in [0.2, 0.25) is 0 Å². The summed E-state index contributed by atoms with van der Waals surface area (Å²) in [5.41, 5.74) is 3.07. The van der Waals surface area contributed by atoms with E-state index in [1.165, 1.54) is 0 Å². The molecule has 1 aliphatic heterocycles. The zero-order chi connectivity index (χ0) is 20.9. The van der Waals surface area contributed by atoms with Crippen LogP contribution >= 0.6 is 0 Å². The molecule has 1 aliphatic rings. The lowest BCUT2D eigenvalue weighted by atomic mass is 9.94. The SMILES string of the molecule is CCOc1ccccc1NC(=O)C1CCN(c2c(C#N)cnc3ccccc23)CC1. The van der Waals surface area contributed by atoms with Gasteiger partial charge in [-0.3, -0.25) is 9.78 Å². The zero-order valence-electron chi connectivity index (χ0n) is 17.0. The van der Waals surface area contributed by atoms with Gasteiger partial charge in [0.05, 0.1) is 29.1 Å². The molecule has 0 aliphatic carbocycles. The summed E-state index contributed by atoms with van der Waals surface area (Å²) in [6.45, 7) is 3.90. The summed E-state index contributed by atoms with van der Waals surface area (Å²) < 4.78 is 5.61. The molecule has 2 aromatic carbocycles. The van der Waals surface area contributed by atoms with E-state index in [2.05, 4.69) is 21.3 Å². The third kappa shape index (κ3) is 3.92. The first-order valence-electron chi connectivity index (χ1n) is 10.3. The Morgan fingerprint density at radius 3 is 2.70 bits per heavy atom. The van der Waals surface area contributed by atoms with Crippen LogP contribution in [0.25, 0.3) is 10.9 Å². The van der Waals surface area contributed by atoms with Gasteiger partial charge in [-0.15, -0.1) is 0 Å². The average Bonchev–Trinajstić information content (AvgIpc) is 2.80. The second kappa shape index (κ2) is 8.83. The number of aromatic nitrogens is 1. The number of hydrogen-bond acceptors (Lipinski definition) is 5. The second-order valence-corrected chi connectivity index (χ2v) is 7.33. The molecule has 0 unspecified atom stereocenters. The first-order chi connectivity index (χ1) is 14.7. The van der Waals surface area contributed by atoms with E-state index in [4.69, 9.17) is 4.74 Å². The number of fused-ring (bicyclic) bond motifs is 1. The van der Waals surface area contributed by atoms with Crippen LogP contribution in [-0.2, 0) is 4.79 Å². The quantitative estimate of drug-likeness (QED) is 0.688. The van der Waals surface area contributed by atoms with Gasteiger partial charge in [0.2, 0.25) is 5.91 Å². The van der Waals surface area contributed by atoms with Gasteiger partial charge < -0.3 is 15.0 Å². The molecular formula is C24H24N4O2. The summed E-state index contributed by atoms with van der Waals surface area (Å²) in [5.74, 6) is 0.629. The number of benzene rings is 2. The molecule has 0 radical (unpaired) electrons. The van der Waals surface area contributed by atoms with Crippen LogP contribution in [-0.4, -0.2) is 30.6 Å². The number of nitrogens with one attached hydrogen (secondary N) is 1. The maximum absolute atomic E-state index is 12.9. The van der Waals surface area contributed by atoms with Crippen molar-refractivity contribution in [2.24, 2.45) is 5.92 Å². The maximum atomic E-state index is 12.9. The van der Waals surface area contributed by atoms with Gasteiger partial charge in [0.15, 0.2) is 0 Å². The van der Waals surface area contributed by atoms with Crippen LogP contribution in [0, 0.1) is 17.2 Å². The molecule has 30 heavy (non-hydrogen) atoms. The summed E-state index contributed by atoms with van der Waals surface area (Å²) in [6.07, 6.45) is 3.09. The molecule has 1 fully saturated rings. The number of nitriles is 1. The van der Waals surface area contributed by atoms with Gasteiger partial charge in [-0.2, -0.15) is 5.26 Å². The first kappa shape index (κ1) is 19.7. The highest BCUT2D eigenvalue weighted by Gasteiger charge is 2.27. The average molecular weight is 400 g/mol. The first-order valence-corrected chi connectivity index (χ1v) is 10.3. The highest BCUT2D eigenvalue weighted by molar-refractivity contribution is 5.96. The molecule has 1 N–H and O–H groups in total. The van der Waals surface area contributed by atoms with Crippen LogP contribution < -0.4 is 15.0 Å². The minimum absolute atomic E-state index is 0.0156. The van der Waals surface area contributed by atoms with E-state index < -0.39 is 0 Å². The van der Waals surface area contributed by atoms with Crippen molar-refractivity contribution in [1.29, 1.82) is 5.26 Å². The van der Waals surface area contributed by atoms with Crippen molar-refractivity contribution in [1.82, 2.24) is 4.98 Å². The highest BCUT2D eigenvalue weighted by atomic mass is 16.5. The number of amides is 1. The number of carbonyl (C=O) groups excluding carboxylic acids is 1. The Balaban J connectivity index is 1.48. The lowest BCUT2D eigenvalue weighted by molar-refractivity contribution is -0.120. The fourth-order valence-corrected chi connectivity index (χ4v) is 4.00. The Bertz CT molecular complexity index is 1100. The normalized spacial score (nSPS) is 14.3. The summed E-state index contributed by atoms with van der Waals surface area (Å²) in [6, 6.07) is 17.6. The molecule has 2 heterocycles. The fraction of sp³-hybridized carbons (Fsp3) is 0.292. The molecule has 4 rings (SSSR count). The zero-order valence-corrected chi connectivity index (χ0v) is 17.0. The van der Waals surface area contributed by atoms with Crippen molar-refractivity contribution in [2.75, 3.05) is 29.9 Å². The number of anilines is 2. The third-order valence-electron chi connectivity index (χ3n) is 5.49. The number of carbonyl (C=O) groups is 1. The van der Waals surface area contributed by atoms with Gasteiger partial charge in [-0.1, -0.05) is 30.3 Å². The van der Waals surface area contributed by atoms with E-state index in [0.29, 0.717) is 36.7 Å². The van der Waals surface area contributed by atoms with Gasteiger partial charge in [-0.25, -0.2) is 0 Å². The Hall–Kier alpha value is -3.59. The summed E-state index contributed by atoms with van der Waals surface area (Å²) in [4.78, 5) is 19.5. The number of hydrogen-bond donors (Lipinski definition) is 1. The maximum Gasteiger partial charge on any atom is 0.227 e. The molecule has 1 amide bonds. The fourth-order valence-electron chi connectivity index (χ4n) is 4.00. The van der Waals surface area contributed by atoms with Crippen LogP contribution in [0.3, 0.4) is 0 Å². The monoisotopic (exact) mass is 400 g/mol. The van der Waals surface area contributed by atoms with Crippen LogP contribution in [0.15, 0.2) is 54.7 Å². The summed E-state index contributed by atoms with van der Waals surface area (Å²) in [7, 11) is 0. The second-order valence-electron chi connectivity index (χ2n) is 7.33. The highest BCUT2D eigenvalue weighted by Crippen LogP contribution is 2.33. The summed E-state index contributed by atoms with van der Waals surface area (Å²) in [5, 5.41) is 13.6. The minimum atomic E-state index is -0.0745. The number of ether oxygens (including phenoxy) is 1. The number of para-hydroxylation sites is 3. The van der Waals surface area contributed by atoms with E-state index in [-0.39, 0.29) is 11.8 Å². The molecule has 152 valence electrons. The molecule has 6 nitrogen and oxygen atoms in total. The third-order valence-corrected chi connectivity index (χ3v) is 5.49. The molecule has 0 bridgehead atoms. The number of rotatable bonds is 5. The van der Waals surface area contributed by atoms with Crippen molar-refractivity contribution in [2.45, 2.75) is 19.8 Å². The molecule has 0 atom stereocenters. The topological polar surface area (TPSA) is 78.2 Å². The van der Waals surface area contributed by atoms with E-state index in [1.54, 1.807) is 6.20 Å². The Morgan fingerprint density at radius 1 is 1.20 bits per heavy atom. The largest absolute Gasteiger partial charge is 0.492 e. The van der Waals surface area contributed by atoms with Crippen molar-refractivity contribution in [3.63, 3.8) is 0 Å². The summed E-state index contributed by atoms with van der Waals surface area (Å²) >= 11 is 0. The van der Waals surface area contributed by atoms with Crippen LogP contribution in [0.4, 0.5) is 11.4 Å². The van der Waals surface area contributed by atoms with E-state index in [1.807, 2.05) is 55.5 Å². The Labute approximate surface area is 176 Å². The van der Waals surface area contributed by atoms with Crippen LogP contribution in [0.1, 0.15) is 25.3 Å². The molecule has 0 spiro atoms. The number of nitrogens with zero attached hydrogens (tertiary/aromatic N) is 3. The van der Waals surface area contributed by atoms with Crippen LogP contribution in [0.5, 0.6) is 5.75 Å². The number of piperidine rings is 1.